The Morgan fingerprint density at radius 1 is 0.833 bits per heavy atom. The third-order valence-corrected chi connectivity index (χ3v) is 8.23. The van der Waals surface area contributed by atoms with Crippen LogP contribution in [0.3, 0.4) is 0 Å². The van der Waals surface area contributed by atoms with E-state index in [1.54, 1.807) is 11.8 Å². The maximum atomic E-state index is 12.6. The van der Waals surface area contributed by atoms with Crippen LogP contribution >= 0.6 is 11.8 Å². The van der Waals surface area contributed by atoms with E-state index in [9.17, 15) is 9.59 Å². The van der Waals surface area contributed by atoms with Crippen LogP contribution in [-0.2, 0) is 9.59 Å². The molecule has 2 rings (SSSR count). The summed E-state index contributed by atoms with van der Waals surface area (Å²) in [6.45, 7) is 4.55. The van der Waals surface area contributed by atoms with Crippen LogP contribution in [0.1, 0.15) is 128 Å². The van der Waals surface area contributed by atoms with Crippen LogP contribution in [0.2, 0.25) is 0 Å². The molecule has 2 amide bonds. The molecule has 0 radical (unpaired) electrons. The number of unbranched alkanes of at least 4 members (excludes halogenated alkanes) is 15. The lowest BCUT2D eigenvalue weighted by Crippen LogP contribution is -2.42. The van der Waals surface area contributed by atoms with Crippen molar-refractivity contribution in [2.45, 2.75) is 128 Å². The van der Waals surface area contributed by atoms with Gasteiger partial charge in [0.25, 0.3) is 0 Å². The topological polar surface area (TPSA) is 70.2 Å². The number of thioether (sulfide) groups is 1. The van der Waals surface area contributed by atoms with E-state index in [1.807, 2.05) is 24.3 Å². The number of hydrogen-bond acceptors (Lipinski definition) is 4. The minimum absolute atomic E-state index is 0.0133. The van der Waals surface area contributed by atoms with Gasteiger partial charge in [-0.05, 0) is 12.5 Å². The average Bonchev–Trinajstić information content (AvgIpc) is 3.36. The van der Waals surface area contributed by atoms with Crippen molar-refractivity contribution in [3.05, 3.63) is 29.8 Å². The highest BCUT2D eigenvalue weighted by molar-refractivity contribution is 7.99. The molecule has 1 fully saturated rings. The van der Waals surface area contributed by atoms with Gasteiger partial charge in [0, 0.05) is 30.5 Å². The quantitative estimate of drug-likeness (QED) is 0.155. The first-order chi connectivity index (χ1) is 17.6. The van der Waals surface area contributed by atoms with Gasteiger partial charge < -0.3 is 10.6 Å². The van der Waals surface area contributed by atoms with Gasteiger partial charge in [0.15, 0.2) is 0 Å². The number of nitrogens with one attached hydrogen (secondary N) is 3. The van der Waals surface area contributed by atoms with Crippen LogP contribution in [0.5, 0.6) is 0 Å². The maximum Gasteiger partial charge on any atom is 0.238 e. The standard InChI is InChI=1S/C30H51N3O2S/c1-3-4-5-6-7-8-9-10-11-12-13-14-15-16-17-20-23-31-29(35)28-24-36-30(33-28)26-21-18-19-22-27(26)32-25(2)34/h18-19,21-22,28,30,33H,3-17,20,23-24H2,1-2H3,(H,31,35)(H,32,34)/t28-,30?/m0/s1. The molecule has 0 bridgehead atoms. The molecule has 0 aliphatic carbocycles. The minimum Gasteiger partial charge on any atom is -0.355 e. The van der Waals surface area contributed by atoms with Crippen molar-refractivity contribution in [3.8, 4) is 0 Å². The van der Waals surface area contributed by atoms with Gasteiger partial charge in [-0.15, -0.1) is 11.8 Å². The molecule has 0 saturated carbocycles. The molecule has 1 unspecified atom stereocenters. The first-order valence-corrected chi connectivity index (χ1v) is 15.7. The molecule has 204 valence electrons. The Kier molecular flexibility index (Phi) is 16.7. The van der Waals surface area contributed by atoms with Gasteiger partial charge in [-0.1, -0.05) is 121 Å². The van der Waals surface area contributed by atoms with Gasteiger partial charge in [-0.2, -0.15) is 0 Å². The van der Waals surface area contributed by atoms with Crippen molar-refractivity contribution in [2.24, 2.45) is 0 Å². The Balaban J connectivity index is 1.42. The smallest absolute Gasteiger partial charge is 0.238 e. The van der Waals surface area contributed by atoms with E-state index in [0.29, 0.717) is 0 Å². The van der Waals surface area contributed by atoms with Crippen molar-refractivity contribution in [3.63, 3.8) is 0 Å². The normalized spacial score (nSPS) is 17.3. The summed E-state index contributed by atoms with van der Waals surface area (Å²) in [5.41, 5.74) is 1.83. The first kappa shape index (κ1) is 30.7. The second-order valence-electron chi connectivity index (χ2n) is 10.3. The first-order valence-electron chi connectivity index (χ1n) is 14.6. The van der Waals surface area contributed by atoms with Crippen LogP contribution in [0.15, 0.2) is 24.3 Å². The number of para-hydroxylation sites is 1. The molecule has 5 nitrogen and oxygen atoms in total. The zero-order valence-corrected chi connectivity index (χ0v) is 23.7. The summed E-state index contributed by atoms with van der Waals surface area (Å²) < 4.78 is 0. The van der Waals surface area contributed by atoms with Gasteiger partial charge in [-0.3, -0.25) is 14.9 Å². The maximum absolute atomic E-state index is 12.6. The zero-order valence-electron chi connectivity index (χ0n) is 22.9. The summed E-state index contributed by atoms with van der Waals surface area (Å²) in [7, 11) is 0. The number of amides is 2. The van der Waals surface area contributed by atoms with E-state index < -0.39 is 0 Å². The molecule has 1 aliphatic heterocycles. The molecule has 6 heteroatoms. The molecular formula is C30H51N3O2S. The Labute approximate surface area is 224 Å². The van der Waals surface area contributed by atoms with Crippen molar-refractivity contribution in [1.82, 2.24) is 10.6 Å². The number of carbonyl (C=O) groups is 2. The number of benzene rings is 1. The molecular weight excluding hydrogens is 466 g/mol. The van der Waals surface area contributed by atoms with Crippen molar-refractivity contribution in [1.29, 1.82) is 0 Å². The van der Waals surface area contributed by atoms with Crippen molar-refractivity contribution in [2.75, 3.05) is 17.6 Å². The molecule has 0 aromatic heterocycles. The lowest BCUT2D eigenvalue weighted by Gasteiger charge is -2.17. The van der Waals surface area contributed by atoms with Crippen molar-refractivity contribution >= 4 is 29.3 Å². The highest BCUT2D eigenvalue weighted by Crippen LogP contribution is 2.36. The Morgan fingerprint density at radius 2 is 1.36 bits per heavy atom. The van der Waals surface area contributed by atoms with Crippen LogP contribution in [-0.4, -0.2) is 30.2 Å². The Bertz CT molecular complexity index is 743. The van der Waals surface area contributed by atoms with E-state index >= 15 is 0 Å². The molecule has 1 aromatic carbocycles. The highest BCUT2D eigenvalue weighted by atomic mass is 32.2. The average molecular weight is 518 g/mol. The van der Waals surface area contributed by atoms with Gasteiger partial charge >= 0.3 is 0 Å². The number of anilines is 1. The van der Waals surface area contributed by atoms with Crippen LogP contribution < -0.4 is 16.0 Å². The summed E-state index contributed by atoms with van der Waals surface area (Å²) in [6.07, 6.45) is 21.7. The highest BCUT2D eigenvalue weighted by Gasteiger charge is 2.31. The van der Waals surface area contributed by atoms with Crippen LogP contribution in [0, 0.1) is 0 Å². The molecule has 36 heavy (non-hydrogen) atoms. The summed E-state index contributed by atoms with van der Waals surface area (Å²) >= 11 is 1.72. The monoisotopic (exact) mass is 517 g/mol. The largest absolute Gasteiger partial charge is 0.355 e. The molecule has 2 atom stereocenters. The molecule has 3 N–H and O–H groups in total. The summed E-state index contributed by atoms with van der Waals surface area (Å²) in [6, 6.07) is 7.60. The summed E-state index contributed by atoms with van der Waals surface area (Å²) in [5, 5.41) is 9.44. The second-order valence-corrected chi connectivity index (χ2v) is 11.4. The van der Waals surface area contributed by atoms with Crippen molar-refractivity contribution < 1.29 is 9.59 Å². The zero-order chi connectivity index (χ0) is 25.8. The third-order valence-electron chi connectivity index (χ3n) is 6.98. The molecule has 1 heterocycles. The summed E-state index contributed by atoms with van der Waals surface area (Å²) in [5.74, 6) is 0.741. The molecule has 1 saturated heterocycles. The van der Waals surface area contributed by atoms with Crippen LogP contribution in [0.25, 0.3) is 0 Å². The van der Waals surface area contributed by atoms with Gasteiger partial charge in [-0.25, -0.2) is 0 Å². The predicted octanol–water partition coefficient (Wildman–Crippen LogP) is 7.73. The Hall–Kier alpha value is -1.53. The fraction of sp³-hybridized carbons (Fsp3) is 0.733. The van der Waals surface area contributed by atoms with Crippen LogP contribution in [0.4, 0.5) is 5.69 Å². The van der Waals surface area contributed by atoms with Gasteiger partial charge in [0.1, 0.15) is 0 Å². The molecule has 0 spiro atoms. The third kappa shape index (κ3) is 13.1. The van der Waals surface area contributed by atoms with E-state index in [0.717, 1.165) is 30.0 Å². The predicted molar refractivity (Wildman–Crippen MR) is 155 cm³/mol. The van der Waals surface area contributed by atoms with E-state index in [1.165, 1.54) is 103 Å². The second kappa shape index (κ2) is 19.6. The fourth-order valence-electron chi connectivity index (χ4n) is 4.84. The van der Waals surface area contributed by atoms with Gasteiger partial charge in [0.05, 0.1) is 11.4 Å². The summed E-state index contributed by atoms with van der Waals surface area (Å²) in [4.78, 5) is 24.1. The fourth-order valence-corrected chi connectivity index (χ4v) is 6.12. The number of rotatable bonds is 20. The van der Waals surface area contributed by atoms with Gasteiger partial charge in [0.2, 0.25) is 11.8 Å². The minimum atomic E-state index is -0.188. The molecule has 1 aromatic rings. The number of carbonyl (C=O) groups excluding carboxylic acids is 2. The van der Waals surface area contributed by atoms with E-state index in [2.05, 4.69) is 22.9 Å². The van der Waals surface area contributed by atoms with E-state index in [4.69, 9.17) is 0 Å². The lowest BCUT2D eigenvalue weighted by atomic mass is 10.0. The SMILES string of the molecule is CCCCCCCCCCCCCCCCCCNC(=O)[C@@H]1CSC(c2ccccc2NC(C)=O)N1. The lowest BCUT2D eigenvalue weighted by molar-refractivity contribution is -0.122. The Morgan fingerprint density at radius 3 is 1.92 bits per heavy atom. The molecule has 1 aliphatic rings. The van der Waals surface area contributed by atoms with E-state index in [-0.39, 0.29) is 23.2 Å². The number of hydrogen-bond donors (Lipinski definition) is 3.